The Kier molecular flexibility index (Phi) is 8.51. The summed E-state index contributed by atoms with van der Waals surface area (Å²) in [6, 6.07) is 11.2. The van der Waals surface area contributed by atoms with Crippen LogP contribution >= 0.6 is 0 Å². The van der Waals surface area contributed by atoms with E-state index in [2.05, 4.69) is 15.5 Å². The quantitative estimate of drug-likeness (QED) is 0.544. The van der Waals surface area contributed by atoms with E-state index < -0.39 is 12.0 Å². The fourth-order valence-electron chi connectivity index (χ4n) is 3.95. The molecular formula is C26H33N3O5. The number of nitrogens with zero attached hydrogens (tertiary/aromatic N) is 1. The monoisotopic (exact) mass is 467 g/mol. The smallest absolute Gasteiger partial charge is 0.337 e. The molecule has 182 valence electrons. The van der Waals surface area contributed by atoms with Crippen LogP contribution in [0.2, 0.25) is 0 Å². The molecule has 0 aliphatic carbocycles. The Hall–Kier alpha value is -3.55. The summed E-state index contributed by atoms with van der Waals surface area (Å²) in [5.41, 5.74) is 2.15. The third kappa shape index (κ3) is 6.07. The summed E-state index contributed by atoms with van der Waals surface area (Å²) in [5, 5.41) is 5.79. The number of benzene rings is 2. The summed E-state index contributed by atoms with van der Waals surface area (Å²) < 4.78 is 10.3. The minimum absolute atomic E-state index is 0.161. The Balaban J connectivity index is 1.80. The van der Waals surface area contributed by atoms with Gasteiger partial charge in [0.2, 0.25) is 5.91 Å². The Bertz CT molecular complexity index is 1010. The first-order valence-electron chi connectivity index (χ1n) is 11.7. The lowest BCUT2D eigenvalue weighted by Gasteiger charge is -2.25. The summed E-state index contributed by atoms with van der Waals surface area (Å²) in [6.45, 7) is 7.93. The second kappa shape index (κ2) is 11.5. The van der Waals surface area contributed by atoms with E-state index in [9.17, 15) is 14.4 Å². The van der Waals surface area contributed by atoms with Crippen molar-refractivity contribution >= 4 is 29.2 Å². The number of hydrogen-bond acceptors (Lipinski definition) is 6. The molecule has 2 aromatic rings. The van der Waals surface area contributed by atoms with Gasteiger partial charge in [0.25, 0.3) is 5.91 Å². The largest absolute Gasteiger partial charge is 0.494 e. The van der Waals surface area contributed by atoms with Crippen LogP contribution in [-0.4, -0.2) is 50.6 Å². The molecule has 3 rings (SSSR count). The molecule has 1 atom stereocenters. The van der Waals surface area contributed by atoms with Crippen molar-refractivity contribution in [3.05, 3.63) is 53.6 Å². The molecule has 1 unspecified atom stereocenters. The number of nitrogens with one attached hydrogen (secondary N) is 2. The van der Waals surface area contributed by atoms with Gasteiger partial charge in [0.1, 0.15) is 11.8 Å². The number of carbonyl (C=O) groups is 3. The van der Waals surface area contributed by atoms with Crippen molar-refractivity contribution < 1.29 is 23.9 Å². The zero-order valence-corrected chi connectivity index (χ0v) is 20.2. The SMILES string of the molecule is CCOc1ccc(C(=O)NC(C(=O)Nc2cc(C(=O)OC)ccc2N2CCCC2)C(C)C)cc1. The predicted octanol–water partition coefficient (Wildman–Crippen LogP) is 3.87. The maximum Gasteiger partial charge on any atom is 0.337 e. The summed E-state index contributed by atoms with van der Waals surface area (Å²) in [5.74, 6) is -0.660. The molecule has 1 aliphatic heterocycles. The van der Waals surface area contributed by atoms with Crippen LogP contribution in [0.3, 0.4) is 0 Å². The van der Waals surface area contributed by atoms with E-state index in [1.807, 2.05) is 26.8 Å². The zero-order valence-electron chi connectivity index (χ0n) is 20.2. The molecular weight excluding hydrogens is 434 g/mol. The van der Waals surface area contributed by atoms with Crippen LogP contribution < -0.4 is 20.3 Å². The van der Waals surface area contributed by atoms with Crippen molar-refractivity contribution in [3.63, 3.8) is 0 Å². The van der Waals surface area contributed by atoms with Gasteiger partial charge in [-0.25, -0.2) is 4.79 Å². The second-order valence-corrected chi connectivity index (χ2v) is 8.56. The molecule has 2 amide bonds. The van der Waals surface area contributed by atoms with Crippen molar-refractivity contribution in [2.75, 3.05) is 37.0 Å². The Morgan fingerprint density at radius 1 is 1.00 bits per heavy atom. The van der Waals surface area contributed by atoms with Gasteiger partial charge in [0, 0.05) is 18.7 Å². The molecule has 34 heavy (non-hydrogen) atoms. The van der Waals surface area contributed by atoms with Crippen molar-refractivity contribution in [2.24, 2.45) is 5.92 Å². The topological polar surface area (TPSA) is 97.0 Å². The minimum atomic E-state index is -0.771. The van der Waals surface area contributed by atoms with E-state index in [-0.39, 0.29) is 17.7 Å². The van der Waals surface area contributed by atoms with Gasteiger partial charge in [-0.3, -0.25) is 9.59 Å². The first-order chi connectivity index (χ1) is 16.3. The molecule has 2 N–H and O–H groups in total. The van der Waals surface area contributed by atoms with Crippen molar-refractivity contribution in [1.29, 1.82) is 0 Å². The molecule has 0 bridgehead atoms. The van der Waals surface area contributed by atoms with Crippen LogP contribution in [-0.2, 0) is 9.53 Å². The van der Waals surface area contributed by atoms with E-state index >= 15 is 0 Å². The Morgan fingerprint density at radius 2 is 1.65 bits per heavy atom. The van der Waals surface area contributed by atoms with Crippen LogP contribution in [0.15, 0.2) is 42.5 Å². The van der Waals surface area contributed by atoms with Crippen molar-refractivity contribution in [1.82, 2.24) is 5.32 Å². The van der Waals surface area contributed by atoms with Crippen LogP contribution in [0.25, 0.3) is 0 Å². The summed E-state index contributed by atoms with van der Waals surface area (Å²) in [7, 11) is 1.32. The molecule has 1 aliphatic rings. The molecule has 1 fully saturated rings. The minimum Gasteiger partial charge on any atom is -0.494 e. The molecule has 1 heterocycles. The van der Waals surface area contributed by atoms with Crippen LogP contribution in [0.1, 0.15) is 54.3 Å². The lowest BCUT2D eigenvalue weighted by atomic mass is 10.0. The van der Waals surface area contributed by atoms with E-state index in [1.54, 1.807) is 36.4 Å². The van der Waals surface area contributed by atoms with E-state index in [1.165, 1.54) is 7.11 Å². The van der Waals surface area contributed by atoms with E-state index in [4.69, 9.17) is 9.47 Å². The lowest BCUT2D eigenvalue weighted by Crippen LogP contribution is -2.47. The standard InChI is InChI=1S/C26H33N3O5/c1-5-34-20-11-8-18(9-12-20)24(30)28-23(17(2)3)25(31)27-21-16-19(26(32)33-4)10-13-22(21)29-14-6-7-15-29/h8-13,16-17,23H,5-7,14-15H2,1-4H3,(H,27,31)(H,28,30). The van der Waals surface area contributed by atoms with Crippen LogP contribution in [0.4, 0.5) is 11.4 Å². The molecule has 0 spiro atoms. The van der Waals surface area contributed by atoms with Crippen LogP contribution in [0.5, 0.6) is 5.75 Å². The van der Waals surface area contributed by atoms with E-state index in [0.29, 0.717) is 29.2 Å². The van der Waals surface area contributed by atoms with Gasteiger partial charge >= 0.3 is 5.97 Å². The second-order valence-electron chi connectivity index (χ2n) is 8.56. The first-order valence-corrected chi connectivity index (χ1v) is 11.7. The predicted molar refractivity (Wildman–Crippen MR) is 132 cm³/mol. The number of ether oxygens (including phenoxy) is 2. The molecule has 1 saturated heterocycles. The lowest BCUT2D eigenvalue weighted by molar-refractivity contribution is -0.118. The molecule has 8 nitrogen and oxygen atoms in total. The maximum atomic E-state index is 13.3. The molecule has 2 aromatic carbocycles. The van der Waals surface area contributed by atoms with Gasteiger partial charge in [-0.1, -0.05) is 13.8 Å². The van der Waals surface area contributed by atoms with Gasteiger partial charge in [-0.05, 0) is 68.1 Å². The normalized spacial score (nSPS) is 14.0. The Morgan fingerprint density at radius 3 is 2.24 bits per heavy atom. The third-order valence-electron chi connectivity index (χ3n) is 5.79. The van der Waals surface area contributed by atoms with Gasteiger partial charge in [-0.15, -0.1) is 0 Å². The highest BCUT2D eigenvalue weighted by Gasteiger charge is 2.27. The highest BCUT2D eigenvalue weighted by atomic mass is 16.5. The average molecular weight is 468 g/mol. The number of methoxy groups -OCH3 is 1. The zero-order chi connectivity index (χ0) is 24.7. The Labute approximate surface area is 200 Å². The fourth-order valence-corrected chi connectivity index (χ4v) is 3.95. The molecule has 0 aromatic heterocycles. The number of amides is 2. The van der Waals surface area contributed by atoms with Gasteiger partial charge < -0.3 is 25.0 Å². The number of hydrogen-bond donors (Lipinski definition) is 2. The molecule has 0 radical (unpaired) electrons. The summed E-state index contributed by atoms with van der Waals surface area (Å²) in [4.78, 5) is 40.4. The highest BCUT2D eigenvalue weighted by Crippen LogP contribution is 2.31. The number of rotatable bonds is 9. The number of anilines is 2. The van der Waals surface area contributed by atoms with Gasteiger partial charge in [-0.2, -0.15) is 0 Å². The summed E-state index contributed by atoms with van der Waals surface area (Å²) in [6.07, 6.45) is 2.14. The maximum absolute atomic E-state index is 13.3. The van der Waals surface area contributed by atoms with Gasteiger partial charge in [0.05, 0.1) is 30.7 Å². The molecule has 0 saturated carbocycles. The third-order valence-corrected chi connectivity index (χ3v) is 5.79. The highest BCUT2D eigenvalue weighted by molar-refractivity contribution is 6.03. The average Bonchev–Trinajstić information content (AvgIpc) is 3.37. The van der Waals surface area contributed by atoms with Crippen molar-refractivity contribution in [3.8, 4) is 5.75 Å². The fraction of sp³-hybridized carbons (Fsp3) is 0.423. The van der Waals surface area contributed by atoms with Crippen molar-refractivity contribution in [2.45, 2.75) is 39.7 Å². The first kappa shape index (κ1) is 25.1. The van der Waals surface area contributed by atoms with Gasteiger partial charge in [0.15, 0.2) is 0 Å². The van der Waals surface area contributed by atoms with Crippen LogP contribution in [0, 0.1) is 5.92 Å². The number of esters is 1. The summed E-state index contributed by atoms with van der Waals surface area (Å²) >= 11 is 0. The number of carbonyl (C=O) groups excluding carboxylic acids is 3. The van der Waals surface area contributed by atoms with E-state index in [0.717, 1.165) is 31.6 Å². The molecule has 8 heteroatoms.